The Balaban J connectivity index is 4.24. The van der Waals surface area contributed by atoms with E-state index in [1.165, 1.54) is 148 Å². The number of allylic oxidation sites excluding steroid dienone is 16. The maximum atomic E-state index is 12.9. The van der Waals surface area contributed by atoms with E-state index in [0.717, 1.165) is 116 Å². The second kappa shape index (κ2) is 62.9. The van der Waals surface area contributed by atoms with E-state index in [1.54, 1.807) is 0 Å². The Morgan fingerprint density at radius 2 is 0.520 bits per heavy atom. The lowest BCUT2D eigenvalue weighted by molar-refractivity contribution is -0.167. The highest BCUT2D eigenvalue weighted by molar-refractivity contribution is 5.71. The first-order chi connectivity index (χ1) is 37.0. The van der Waals surface area contributed by atoms with Crippen LogP contribution in [0.1, 0.15) is 303 Å². The first-order valence-corrected chi connectivity index (χ1v) is 31.7. The van der Waals surface area contributed by atoms with E-state index in [9.17, 15) is 14.4 Å². The van der Waals surface area contributed by atoms with Crippen LogP contribution in [0.25, 0.3) is 0 Å². The van der Waals surface area contributed by atoms with E-state index in [0.29, 0.717) is 19.3 Å². The molecule has 1 unspecified atom stereocenters. The quantitative estimate of drug-likeness (QED) is 0.0261. The largest absolute Gasteiger partial charge is 0.462 e. The molecular formula is C69H118O6. The summed E-state index contributed by atoms with van der Waals surface area (Å²) in [6.07, 6.45) is 84.2. The summed E-state index contributed by atoms with van der Waals surface area (Å²) in [5.74, 6) is -0.892. The van der Waals surface area contributed by atoms with E-state index < -0.39 is 6.10 Å². The van der Waals surface area contributed by atoms with Gasteiger partial charge >= 0.3 is 17.9 Å². The van der Waals surface area contributed by atoms with Crippen molar-refractivity contribution in [1.82, 2.24) is 0 Å². The molecule has 0 aliphatic heterocycles. The molecule has 0 saturated carbocycles. The van der Waals surface area contributed by atoms with Gasteiger partial charge in [0, 0.05) is 19.3 Å². The van der Waals surface area contributed by atoms with Crippen LogP contribution in [0.2, 0.25) is 0 Å². The van der Waals surface area contributed by atoms with Crippen molar-refractivity contribution in [3.8, 4) is 0 Å². The van der Waals surface area contributed by atoms with E-state index in [-0.39, 0.29) is 31.1 Å². The average molecular weight is 1040 g/mol. The Hall–Kier alpha value is -3.67. The normalized spacial score (nSPS) is 12.7. The van der Waals surface area contributed by atoms with Crippen molar-refractivity contribution in [1.29, 1.82) is 0 Å². The van der Waals surface area contributed by atoms with Crippen LogP contribution in [-0.2, 0) is 28.6 Å². The van der Waals surface area contributed by atoms with E-state index in [2.05, 4.69) is 118 Å². The fourth-order valence-corrected chi connectivity index (χ4v) is 8.83. The summed E-state index contributed by atoms with van der Waals surface area (Å²) >= 11 is 0. The van der Waals surface area contributed by atoms with Crippen molar-refractivity contribution >= 4 is 17.9 Å². The predicted octanol–water partition coefficient (Wildman–Crippen LogP) is 21.7. The van der Waals surface area contributed by atoms with E-state index >= 15 is 0 Å². The molecule has 6 heteroatoms. The van der Waals surface area contributed by atoms with Crippen molar-refractivity contribution in [2.75, 3.05) is 13.2 Å². The summed E-state index contributed by atoms with van der Waals surface area (Å²) in [6, 6.07) is 0. The second-order valence-corrected chi connectivity index (χ2v) is 20.9. The van der Waals surface area contributed by atoms with Crippen LogP contribution in [-0.4, -0.2) is 37.2 Å². The molecule has 0 aromatic rings. The zero-order chi connectivity index (χ0) is 54.3. The molecule has 0 N–H and O–H groups in total. The standard InChI is InChI=1S/C69H118O6/c1-4-7-10-13-16-19-21-23-25-27-29-31-32-33-34-35-36-38-39-41-43-45-47-50-53-56-59-62-68(71)74-65-66(64-73-67(70)61-58-55-52-49-18-15-12-9-6-3)75-69(72)63-60-57-54-51-48-46-44-42-40-37-30-28-26-24-22-20-17-14-11-8-5-2/h7,10,16,19,22-25,28-31,33-34,40,42,66H,4-6,8-9,11-15,17-18,20-21,26-27,32,35-39,41,43-65H2,1-3H3/b10-7-,19-16-,24-22-,25-23-,30-28-,31-29-,34-33-,42-40-. The van der Waals surface area contributed by atoms with Gasteiger partial charge in [-0.1, -0.05) is 279 Å². The molecule has 0 saturated heterocycles. The average Bonchev–Trinajstić information content (AvgIpc) is 3.41. The molecule has 0 radical (unpaired) electrons. The van der Waals surface area contributed by atoms with Gasteiger partial charge in [-0.25, -0.2) is 0 Å². The molecule has 0 rings (SSSR count). The summed E-state index contributed by atoms with van der Waals surface area (Å²) < 4.78 is 16.9. The fraction of sp³-hybridized carbons (Fsp3) is 0.725. The van der Waals surface area contributed by atoms with Crippen molar-refractivity contribution < 1.29 is 28.6 Å². The van der Waals surface area contributed by atoms with Gasteiger partial charge in [-0.15, -0.1) is 0 Å². The fourth-order valence-electron chi connectivity index (χ4n) is 8.83. The van der Waals surface area contributed by atoms with Gasteiger partial charge in [0.2, 0.25) is 0 Å². The molecule has 0 heterocycles. The number of hydrogen-bond donors (Lipinski definition) is 0. The highest BCUT2D eigenvalue weighted by Crippen LogP contribution is 2.16. The maximum absolute atomic E-state index is 12.9. The highest BCUT2D eigenvalue weighted by atomic mass is 16.6. The van der Waals surface area contributed by atoms with Gasteiger partial charge in [-0.2, -0.15) is 0 Å². The summed E-state index contributed by atoms with van der Waals surface area (Å²) in [5.41, 5.74) is 0. The molecule has 0 fully saturated rings. The van der Waals surface area contributed by atoms with Crippen LogP contribution in [0.15, 0.2) is 97.2 Å². The summed E-state index contributed by atoms with van der Waals surface area (Å²) in [5, 5.41) is 0. The molecule has 75 heavy (non-hydrogen) atoms. The van der Waals surface area contributed by atoms with Crippen LogP contribution in [0.3, 0.4) is 0 Å². The molecule has 0 amide bonds. The van der Waals surface area contributed by atoms with Gasteiger partial charge in [-0.05, 0) is 103 Å². The number of unbranched alkanes of at least 4 members (excludes halogenated alkanes) is 30. The lowest BCUT2D eigenvalue weighted by atomic mass is 10.0. The van der Waals surface area contributed by atoms with Crippen LogP contribution in [0.4, 0.5) is 0 Å². The monoisotopic (exact) mass is 1040 g/mol. The number of ether oxygens (including phenoxy) is 3. The Bertz CT molecular complexity index is 1480. The van der Waals surface area contributed by atoms with Gasteiger partial charge < -0.3 is 14.2 Å². The Labute approximate surface area is 464 Å². The molecule has 0 aromatic carbocycles. The SMILES string of the molecule is CC/C=C\C/C=C\C/C=C\C/C=C\C/C=C\CCCCCCCCCCCCCC(=O)OCC(COC(=O)CCCCCCCCCCC)OC(=O)CCCCCCCC/C=C\C/C=C\C/C=C\CCCCCCC. The number of carbonyl (C=O) groups excluding carboxylic acids is 3. The smallest absolute Gasteiger partial charge is 0.306 e. The molecule has 0 aliphatic carbocycles. The van der Waals surface area contributed by atoms with Gasteiger partial charge in [-0.3, -0.25) is 14.4 Å². The van der Waals surface area contributed by atoms with Crippen molar-refractivity contribution in [2.24, 2.45) is 0 Å². The van der Waals surface area contributed by atoms with Gasteiger partial charge in [0.25, 0.3) is 0 Å². The van der Waals surface area contributed by atoms with E-state index in [1.807, 2.05) is 0 Å². The topological polar surface area (TPSA) is 78.9 Å². The molecule has 6 nitrogen and oxygen atoms in total. The third-order valence-electron chi connectivity index (χ3n) is 13.6. The first-order valence-electron chi connectivity index (χ1n) is 31.7. The van der Waals surface area contributed by atoms with Crippen molar-refractivity contribution in [3.05, 3.63) is 97.2 Å². The predicted molar refractivity (Wildman–Crippen MR) is 325 cm³/mol. The van der Waals surface area contributed by atoms with Crippen LogP contribution >= 0.6 is 0 Å². The summed E-state index contributed by atoms with van der Waals surface area (Å²) in [7, 11) is 0. The zero-order valence-electron chi connectivity index (χ0n) is 49.3. The molecule has 0 bridgehead atoms. The van der Waals surface area contributed by atoms with Crippen LogP contribution in [0.5, 0.6) is 0 Å². The Morgan fingerprint density at radius 1 is 0.280 bits per heavy atom. The Morgan fingerprint density at radius 3 is 0.813 bits per heavy atom. The van der Waals surface area contributed by atoms with Gasteiger partial charge in [0.05, 0.1) is 0 Å². The maximum Gasteiger partial charge on any atom is 0.306 e. The number of esters is 3. The second-order valence-electron chi connectivity index (χ2n) is 20.9. The molecule has 1 atom stereocenters. The van der Waals surface area contributed by atoms with Crippen molar-refractivity contribution in [3.63, 3.8) is 0 Å². The van der Waals surface area contributed by atoms with Gasteiger partial charge in [0.15, 0.2) is 6.10 Å². The lowest BCUT2D eigenvalue weighted by Gasteiger charge is -2.18. The minimum absolute atomic E-state index is 0.0816. The van der Waals surface area contributed by atoms with Crippen molar-refractivity contribution in [2.45, 2.75) is 309 Å². The third-order valence-corrected chi connectivity index (χ3v) is 13.6. The summed E-state index contributed by atoms with van der Waals surface area (Å²) in [4.78, 5) is 38.2. The Kier molecular flexibility index (Phi) is 59.8. The molecule has 0 spiro atoms. The number of hydrogen-bond acceptors (Lipinski definition) is 6. The van der Waals surface area contributed by atoms with Gasteiger partial charge in [0.1, 0.15) is 13.2 Å². The molecular weight excluding hydrogens is 925 g/mol. The minimum Gasteiger partial charge on any atom is -0.462 e. The van der Waals surface area contributed by atoms with Crippen LogP contribution in [0, 0.1) is 0 Å². The molecule has 0 aromatic heterocycles. The first kappa shape index (κ1) is 71.3. The molecule has 0 aliphatic rings. The minimum atomic E-state index is -0.785. The number of carbonyl (C=O) groups is 3. The van der Waals surface area contributed by atoms with Crippen LogP contribution < -0.4 is 0 Å². The third kappa shape index (κ3) is 61.1. The number of rotatable bonds is 57. The van der Waals surface area contributed by atoms with E-state index in [4.69, 9.17) is 14.2 Å². The lowest BCUT2D eigenvalue weighted by Crippen LogP contribution is -2.30. The zero-order valence-corrected chi connectivity index (χ0v) is 49.3. The highest BCUT2D eigenvalue weighted by Gasteiger charge is 2.19. The molecule has 430 valence electrons. The summed E-state index contributed by atoms with van der Waals surface area (Å²) in [6.45, 7) is 6.50.